The van der Waals surface area contributed by atoms with Crippen molar-refractivity contribution in [3.05, 3.63) is 58.1 Å². The Labute approximate surface area is 183 Å². The van der Waals surface area contributed by atoms with E-state index in [2.05, 4.69) is 24.0 Å². The summed E-state index contributed by atoms with van der Waals surface area (Å²) < 4.78 is 0. The molecule has 9 heteroatoms. The van der Waals surface area contributed by atoms with Crippen LogP contribution < -0.4 is 15.1 Å². The van der Waals surface area contributed by atoms with Gasteiger partial charge in [0.2, 0.25) is 0 Å². The van der Waals surface area contributed by atoms with Crippen LogP contribution in [0.15, 0.2) is 46.9 Å². The molecule has 0 radical (unpaired) electrons. The van der Waals surface area contributed by atoms with Crippen LogP contribution in [0.25, 0.3) is 6.08 Å². The zero-order chi connectivity index (χ0) is 21.3. The zero-order valence-corrected chi connectivity index (χ0v) is 17.9. The molecule has 0 bridgehead atoms. The topological polar surface area (TPSA) is 76.4 Å². The van der Waals surface area contributed by atoms with Crippen LogP contribution in [-0.4, -0.2) is 31.0 Å². The van der Waals surface area contributed by atoms with Gasteiger partial charge in [-0.1, -0.05) is 17.7 Å². The van der Waals surface area contributed by atoms with E-state index in [4.69, 9.17) is 23.8 Å². The minimum absolute atomic E-state index is 0.0220. The fourth-order valence-corrected chi connectivity index (χ4v) is 3.54. The zero-order valence-electron chi connectivity index (χ0n) is 15.4. The molecule has 1 saturated heterocycles. The number of hydrogen-bond donors (Lipinski definition) is 2. The lowest BCUT2D eigenvalue weighted by atomic mass is 10.0. The highest BCUT2D eigenvalue weighted by Gasteiger charge is 2.34. The molecule has 1 aliphatic rings. The molecule has 0 spiro atoms. The molecule has 1 N–H and O–H groups in total. The van der Waals surface area contributed by atoms with E-state index in [9.17, 15) is 14.9 Å². The van der Waals surface area contributed by atoms with Crippen molar-refractivity contribution in [2.24, 2.45) is 0 Å². The Kier molecular flexibility index (Phi) is 5.94. The summed E-state index contributed by atoms with van der Waals surface area (Å²) in [6, 6.07) is 12.1. The number of nitriles is 1. The molecule has 1 heterocycles. The Bertz CT molecular complexity index is 1100. The molecule has 2 aromatic carbocycles. The quantitative estimate of drug-likeness (QED) is 0.330. The van der Waals surface area contributed by atoms with E-state index in [1.807, 2.05) is 14.1 Å². The maximum absolute atomic E-state index is 13.1. The van der Waals surface area contributed by atoms with Crippen LogP contribution in [0, 0.1) is 11.3 Å². The molecule has 1 fully saturated rings. The molecular formula is C20H15ClN4O2S2. The third-order valence-electron chi connectivity index (χ3n) is 4.27. The Hall–Kier alpha value is -2.86. The van der Waals surface area contributed by atoms with Crippen LogP contribution in [0.3, 0.4) is 0 Å². The summed E-state index contributed by atoms with van der Waals surface area (Å²) in [7, 11) is 3.62. The monoisotopic (exact) mass is 442 g/mol. The molecule has 6 nitrogen and oxygen atoms in total. The molecule has 2 aromatic rings. The average Bonchev–Trinajstić information content (AvgIpc) is 2.67. The number of thiol groups is 1. The van der Waals surface area contributed by atoms with Crippen LogP contribution in [0.5, 0.6) is 0 Å². The molecule has 3 rings (SSSR count). The van der Waals surface area contributed by atoms with Crippen LogP contribution in [-0.2, 0) is 9.59 Å². The number of halogens is 1. The molecule has 0 aromatic heterocycles. The van der Waals surface area contributed by atoms with E-state index >= 15 is 0 Å². The average molecular weight is 443 g/mol. The highest BCUT2D eigenvalue weighted by Crippen LogP contribution is 2.30. The smallest absolute Gasteiger partial charge is 0.270 e. The summed E-state index contributed by atoms with van der Waals surface area (Å²) in [6.07, 6.45) is 1.41. The van der Waals surface area contributed by atoms with E-state index in [1.165, 1.54) is 11.0 Å². The van der Waals surface area contributed by atoms with Gasteiger partial charge in [0.05, 0.1) is 16.9 Å². The molecule has 2 amide bonds. The first-order chi connectivity index (χ1) is 13.7. The molecular weight excluding hydrogens is 428 g/mol. The minimum atomic E-state index is -0.617. The van der Waals surface area contributed by atoms with Gasteiger partial charge in [0.1, 0.15) is 11.6 Å². The predicted octanol–water partition coefficient (Wildman–Crippen LogP) is 3.40. The number of carbonyl (C=O) groups is 2. The van der Waals surface area contributed by atoms with Crippen molar-refractivity contribution in [2.75, 3.05) is 23.9 Å². The second-order valence-corrected chi connectivity index (χ2v) is 7.61. The largest absolute Gasteiger partial charge is 0.377 e. The normalized spacial score (nSPS) is 15.3. The first-order valence-corrected chi connectivity index (χ1v) is 9.58. The van der Waals surface area contributed by atoms with Crippen molar-refractivity contribution >= 4 is 70.8 Å². The van der Waals surface area contributed by atoms with Gasteiger partial charge in [-0.15, -0.1) is 12.6 Å². The van der Waals surface area contributed by atoms with Crippen molar-refractivity contribution in [3.8, 4) is 6.07 Å². The Morgan fingerprint density at radius 1 is 1.21 bits per heavy atom. The van der Waals surface area contributed by atoms with E-state index < -0.39 is 11.8 Å². The third-order valence-corrected chi connectivity index (χ3v) is 5.29. The summed E-state index contributed by atoms with van der Waals surface area (Å²) >= 11 is 15.5. The fraction of sp³-hybridized carbons (Fsp3) is 0.100. The highest BCUT2D eigenvalue weighted by atomic mass is 35.5. The van der Waals surface area contributed by atoms with Gasteiger partial charge in [-0.25, -0.2) is 0 Å². The number of anilines is 2. The number of hydrogen-bond acceptors (Lipinski definition) is 6. The summed E-state index contributed by atoms with van der Waals surface area (Å²) in [4.78, 5) is 28.9. The molecule has 29 heavy (non-hydrogen) atoms. The molecule has 0 atom stereocenters. The van der Waals surface area contributed by atoms with Crippen LogP contribution in [0.2, 0.25) is 5.02 Å². The lowest BCUT2D eigenvalue weighted by Gasteiger charge is -2.29. The predicted molar refractivity (Wildman–Crippen MR) is 120 cm³/mol. The van der Waals surface area contributed by atoms with Gasteiger partial charge in [-0.3, -0.25) is 19.8 Å². The Morgan fingerprint density at radius 2 is 1.86 bits per heavy atom. The fourth-order valence-electron chi connectivity index (χ4n) is 2.83. The van der Waals surface area contributed by atoms with Crippen LogP contribution in [0.4, 0.5) is 11.4 Å². The number of carbonyl (C=O) groups excluding carboxylic acids is 2. The lowest BCUT2D eigenvalue weighted by Crippen LogP contribution is -2.54. The van der Waals surface area contributed by atoms with Crippen molar-refractivity contribution < 1.29 is 9.59 Å². The first kappa shape index (κ1) is 20.9. The van der Waals surface area contributed by atoms with E-state index in [0.717, 1.165) is 0 Å². The number of rotatable bonds is 3. The number of nitrogens with one attached hydrogen (secondary N) is 1. The van der Waals surface area contributed by atoms with Gasteiger partial charge in [0, 0.05) is 24.0 Å². The summed E-state index contributed by atoms with van der Waals surface area (Å²) in [5, 5.41) is 12.5. The Balaban J connectivity index is 2.08. The second kappa shape index (κ2) is 8.25. The van der Waals surface area contributed by atoms with Crippen molar-refractivity contribution in [3.63, 3.8) is 0 Å². The molecule has 146 valence electrons. The number of benzene rings is 2. The number of amides is 2. The maximum atomic E-state index is 13.1. The molecule has 1 aliphatic heterocycles. The van der Waals surface area contributed by atoms with Gasteiger partial charge >= 0.3 is 0 Å². The van der Waals surface area contributed by atoms with Gasteiger partial charge in [-0.2, -0.15) is 5.26 Å². The number of thiocarbonyl (C=S) groups is 1. The standard InChI is InChI=1S/C20H15ClN4O2S2/c1-24(2)16-8-3-11(17(28)15(16)10-22)9-14-18(26)23-20(29)25(19(14)27)13-6-4-12(21)5-7-13/h3-9,28H,1-2H3,(H,23,26,29). The maximum Gasteiger partial charge on any atom is 0.270 e. The minimum Gasteiger partial charge on any atom is -0.377 e. The number of nitrogens with zero attached hydrogens (tertiary/aromatic N) is 3. The Morgan fingerprint density at radius 3 is 2.45 bits per heavy atom. The summed E-state index contributed by atoms with van der Waals surface area (Å²) in [5.41, 5.74) is 1.86. The first-order valence-electron chi connectivity index (χ1n) is 8.35. The van der Waals surface area contributed by atoms with Crippen molar-refractivity contribution in [1.82, 2.24) is 5.32 Å². The van der Waals surface area contributed by atoms with Gasteiger partial charge in [-0.05, 0) is 54.2 Å². The van der Waals surface area contributed by atoms with Crippen LogP contribution in [0.1, 0.15) is 11.1 Å². The second-order valence-electron chi connectivity index (χ2n) is 6.34. The van der Waals surface area contributed by atoms with E-state index in [-0.39, 0.29) is 10.7 Å². The van der Waals surface area contributed by atoms with Crippen molar-refractivity contribution in [2.45, 2.75) is 4.90 Å². The third kappa shape index (κ3) is 3.98. The molecule has 0 unspecified atom stereocenters. The summed E-state index contributed by atoms with van der Waals surface area (Å²) in [6.45, 7) is 0. The van der Waals surface area contributed by atoms with E-state index in [0.29, 0.717) is 32.4 Å². The van der Waals surface area contributed by atoms with Crippen LogP contribution >= 0.6 is 36.4 Å². The highest BCUT2D eigenvalue weighted by molar-refractivity contribution is 7.80. The van der Waals surface area contributed by atoms with E-state index in [1.54, 1.807) is 41.3 Å². The molecule has 0 saturated carbocycles. The summed E-state index contributed by atoms with van der Waals surface area (Å²) in [5.74, 6) is -1.20. The lowest BCUT2D eigenvalue weighted by molar-refractivity contribution is -0.122. The van der Waals surface area contributed by atoms with Gasteiger partial charge in [0.25, 0.3) is 11.8 Å². The van der Waals surface area contributed by atoms with Gasteiger partial charge < -0.3 is 4.90 Å². The van der Waals surface area contributed by atoms with Gasteiger partial charge in [0.15, 0.2) is 5.11 Å². The SMILES string of the molecule is CN(C)c1ccc(C=C2C(=O)NC(=S)N(c3ccc(Cl)cc3)C2=O)c(S)c1C#N. The van der Waals surface area contributed by atoms with Crippen molar-refractivity contribution in [1.29, 1.82) is 5.26 Å². The molecule has 0 aliphatic carbocycles.